The third-order valence-corrected chi connectivity index (χ3v) is 2.77. The molecular formula is C15H15FN2O2. The molecule has 0 saturated heterocycles. The topological polar surface area (TPSA) is 51.2 Å². The Morgan fingerprint density at radius 2 is 2.20 bits per heavy atom. The number of benzene rings is 1. The van der Waals surface area contributed by atoms with Crippen molar-refractivity contribution in [3.63, 3.8) is 0 Å². The highest BCUT2D eigenvalue weighted by molar-refractivity contribution is 5.78. The van der Waals surface area contributed by atoms with Crippen LogP contribution in [-0.2, 0) is 17.8 Å². The molecule has 1 amide bonds. The van der Waals surface area contributed by atoms with Crippen LogP contribution >= 0.6 is 0 Å². The van der Waals surface area contributed by atoms with Gasteiger partial charge in [0.1, 0.15) is 0 Å². The highest BCUT2D eigenvalue weighted by atomic mass is 19.1. The van der Waals surface area contributed by atoms with Crippen LogP contribution in [0.15, 0.2) is 42.6 Å². The SMILES string of the molecule is COc1ccc(CC(=O)NCc2ccccn2)cc1F. The first-order chi connectivity index (χ1) is 9.69. The minimum atomic E-state index is -0.470. The standard InChI is InChI=1S/C15H15FN2O2/c1-20-14-6-5-11(8-13(14)16)9-15(19)18-10-12-4-2-3-7-17-12/h2-8H,9-10H2,1H3,(H,18,19). The van der Waals surface area contributed by atoms with E-state index in [4.69, 9.17) is 4.74 Å². The predicted octanol–water partition coefficient (Wildman–Crippen LogP) is 2.09. The Balaban J connectivity index is 1.90. The maximum Gasteiger partial charge on any atom is 0.224 e. The first-order valence-corrected chi connectivity index (χ1v) is 6.18. The molecule has 2 aromatic rings. The summed E-state index contributed by atoms with van der Waals surface area (Å²) in [6.45, 7) is 0.359. The zero-order valence-corrected chi connectivity index (χ0v) is 11.1. The van der Waals surface area contributed by atoms with E-state index in [1.165, 1.54) is 19.2 Å². The summed E-state index contributed by atoms with van der Waals surface area (Å²) in [7, 11) is 1.40. The number of ether oxygens (including phenoxy) is 1. The third-order valence-electron chi connectivity index (χ3n) is 2.77. The molecule has 1 N–H and O–H groups in total. The molecule has 0 aliphatic rings. The number of aromatic nitrogens is 1. The van der Waals surface area contributed by atoms with Gasteiger partial charge in [-0.3, -0.25) is 9.78 Å². The van der Waals surface area contributed by atoms with Crippen molar-refractivity contribution in [3.05, 3.63) is 59.7 Å². The number of nitrogens with zero attached hydrogens (tertiary/aromatic N) is 1. The largest absolute Gasteiger partial charge is 0.494 e. The summed E-state index contributed by atoms with van der Waals surface area (Å²) < 4.78 is 18.3. The summed E-state index contributed by atoms with van der Waals surface area (Å²) in [6, 6.07) is 9.98. The minimum Gasteiger partial charge on any atom is -0.494 e. The quantitative estimate of drug-likeness (QED) is 0.908. The Kier molecular flexibility index (Phi) is 4.65. The number of nitrogens with one attached hydrogen (secondary N) is 1. The van der Waals surface area contributed by atoms with Crippen LogP contribution in [0, 0.1) is 5.82 Å². The summed E-state index contributed by atoms with van der Waals surface area (Å²) in [5.74, 6) is -0.481. The van der Waals surface area contributed by atoms with Crippen LogP contribution in [0.2, 0.25) is 0 Å². The van der Waals surface area contributed by atoms with E-state index in [1.807, 2.05) is 18.2 Å². The van der Waals surface area contributed by atoms with Crippen molar-refractivity contribution in [2.24, 2.45) is 0 Å². The molecule has 2 rings (SSSR count). The first kappa shape index (κ1) is 14.0. The van der Waals surface area contributed by atoms with Gasteiger partial charge in [-0.2, -0.15) is 0 Å². The zero-order chi connectivity index (χ0) is 14.4. The highest BCUT2D eigenvalue weighted by Crippen LogP contribution is 2.17. The van der Waals surface area contributed by atoms with E-state index < -0.39 is 5.82 Å². The molecule has 0 spiro atoms. The molecule has 0 radical (unpaired) electrons. The molecule has 20 heavy (non-hydrogen) atoms. The van der Waals surface area contributed by atoms with Gasteiger partial charge in [-0.1, -0.05) is 12.1 Å². The van der Waals surface area contributed by atoms with Crippen LogP contribution in [0.25, 0.3) is 0 Å². The second kappa shape index (κ2) is 6.65. The van der Waals surface area contributed by atoms with Crippen molar-refractivity contribution < 1.29 is 13.9 Å². The zero-order valence-electron chi connectivity index (χ0n) is 11.1. The normalized spacial score (nSPS) is 10.1. The van der Waals surface area contributed by atoms with Crippen LogP contribution in [0.4, 0.5) is 4.39 Å². The first-order valence-electron chi connectivity index (χ1n) is 6.18. The number of hydrogen-bond donors (Lipinski definition) is 1. The van der Waals surface area contributed by atoms with Crippen LogP contribution in [0.1, 0.15) is 11.3 Å². The summed E-state index contributed by atoms with van der Waals surface area (Å²) in [6.07, 6.45) is 1.79. The Labute approximate surface area is 116 Å². The van der Waals surface area contributed by atoms with E-state index in [0.29, 0.717) is 12.1 Å². The van der Waals surface area contributed by atoms with Gasteiger partial charge in [-0.05, 0) is 29.8 Å². The van der Waals surface area contributed by atoms with E-state index in [0.717, 1.165) is 5.69 Å². The lowest BCUT2D eigenvalue weighted by atomic mass is 10.1. The summed E-state index contributed by atoms with van der Waals surface area (Å²) in [4.78, 5) is 15.9. The Bertz CT molecular complexity index is 588. The van der Waals surface area contributed by atoms with Gasteiger partial charge >= 0.3 is 0 Å². The number of methoxy groups -OCH3 is 1. The lowest BCUT2D eigenvalue weighted by Gasteiger charge is -2.06. The van der Waals surface area contributed by atoms with Gasteiger partial charge in [0.2, 0.25) is 5.91 Å². The van der Waals surface area contributed by atoms with Crippen molar-refractivity contribution in [2.75, 3.05) is 7.11 Å². The van der Waals surface area contributed by atoms with E-state index in [-0.39, 0.29) is 18.1 Å². The van der Waals surface area contributed by atoms with Crippen LogP contribution in [0.5, 0.6) is 5.75 Å². The van der Waals surface area contributed by atoms with Gasteiger partial charge in [-0.25, -0.2) is 4.39 Å². The molecule has 1 aromatic heterocycles. The van der Waals surface area contributed by atoms with Crippen molar-refractivity contribution in [1.82, 2.24) is 10.3 Å². The maximum absolute atomic E-state index is 13.5. The van der Waals surface area contributed by atoms with Gasteiger partial charge in [0.05, 0.1) is 25.8 Å². The number of carbonyl (C=O) groups is 1. The van der Waals surface area contributed by atoms with E-state index in [2.05, 4.69) is 10.3 Å². The second-order valence-corrected chi connectivity index (χ2v) is 4.24. The molecule has 0 aliphatic carbocycles. The van der Waals surface area contributed by atoms with E-state index in [1.54, 1.807) is 12.3 Å². The second-order valence-electron chi connectivity index (χ2n) is 4.24. The monoisotopic (exact) mass is 274 g/mol. The number of rotatable bonds is 5. The lowest BCUT2D eigenvalue weighted by Crippen LogP contribution is -2.25. The Hall–Kier alpha value is -2.43. The van der Waals surface area contributed by atoms with Gasteiger partial charge in [0.25, 0.3) is 0 Å². The molecule has 104 valence electrons. The minimum absolute atomic E-state index is 0.119. The fourth-order valence-electron chi connectivity index (χ4n) is 1.76. The third kappa shape index (κ3) is 3.78. The average molecular weight is 274 g/mol. The molecule has 0 aliphatic heterocycles. The van der Waals surface area contributed by atoms with Gasteiger partial charge in [0.15, 0.2) is 11.6 Å². The molecule has 0 saturated carbocycles. The maximum atomic E-state index is 13.5. The van der Waals surface area contributed by atoms with E-state index in [9.17, 15) is 9.18 Å². The van der Waals surface area contributed by atoms with Crippen molar-refractivity contribution >= 4 is 5.91 Å². The molecule has 0 atom stereocenters. The van der Waals surface area contributed by atoms with Crippen LogP contribution in [0.3, 0.4) is 0 Å². The van der Waals surface area contributed by atoms with Crippen LogP contribution < -0.4 is 10.1 Å². The fraction of sp³-hybridized carbons (Fsp3) is 0.200. The predicted molar refractivity (Wildman–Crippen MR) is 72.7 cm³/mol. The number of carbonyl (C=O) groups excluding carboxylic acids is 1. The molecular weight excluding hydrogens is 259 g/mol. The van der Waals surface area contributed by atoms with Crippen molar-refractivity contribution in [1.29, 1.82) is 0 Å². The van der Waals surface area contributed by atoms with Crippen molar-refractivity contribution in [3.8, 4) is 5.75 Å². The smallest absolute Gasteiger partial charge is 0.224 e. The van der Waals surface area contributed by atoms with Gasteiger partial charge < -0.3 is 10.1 Å². The molecule has 5 heteroatoms. The number of amides is 1. The summed E-state index contributed by atoms with van der Waals surface area (Å²) >= 11 is 0. The van der Waals surface area contributed by atoms with Crippen molar-refractivity contribution in [2.45, 2.75) is 13.0 Å². The molecule has 0 unspecified atom stereocenters. The molecule has 4 nitrogen and oxygen atoms in total. The Morgan fingerprint density at radius 1 is 1.35 bits per heavy atom. The highest BCUT2D eigenvalue weighted by Gasteiger charge is 2.07. The Morgan fingerprint density at radius 3 is 2.85 bits per heavy atom. The molecule has 0 fully saturated rings. The number of hydrogen-bond acceptors (Lipinski definition) is 3. The molecule has 1 aromatic carbocycles. The van der Waals surface area contributed by atoms with Gasteiger partial charge in [-0.15, -0.1) is 0 Å². The molecule has 1 heterocycles. The number of pyridine rings is 1. The van der Waals surface area contributed by atoms with Gasteiger partial charge in [0, 0.05) is 6.20 Å². The average Bonchev–Trinajstić information content (AvgIpc) is 2.46. The van der Waals surface area contributed by atoms with E-state index >= 15 is 0 Å². The van der Waals surface area contributed by atoms with Crippen LogP contribution in [-0.4, -0.2) is 18.0 Å². The lowest BCUT2D eigenvalue weighted by molar-refractivity contribution is -0.120. The number of halogens is 1. The fourth-order valence-corrected chi connectivity index (χ4v) is 1.76. The summed E-state index contributed by atoms with van der Waals surface area (Å²) in [5, 5.41) is 2.74. The molecule has 0 bridgehead atoms. The summed E-state index contributed by atoms with van der Waals surface area (Å²) in [5.41, 5.74) is 1.38.